The van der Waals surface area contributed by atoms with Crippen LogP contribution >= 0.6 is 0 Å². The monoisotopic (exact) mass is 409 g/mol. The van der Waals surface area contributed by atoms with Gasteiger partial charge in [-0.3, -0.25) is 4.79 Å². The van der Waals surface area contributed by atoms with Crippen LogP contribution in [-0.2, 0) is 16.4 Å². The molecule has 0 atom stereocenters. The smallest absolute Gasteiger partial charge is 0.251 e. The molecule has 0 unspecified atom stereocenters. The number of nitrogens with zero attached hydrogens (tertiary/aromatic N) is 2. The van der Waals surface area contributed by atoms with E-state index < -0.39 is 9.84 Å². The zero-order valence-corrected chi connectivity index (χ0v) is 17.5. The van der Waals surface area contributed by atoms with Crippen molar-refractivity contribution >= 4 is 34.2 Å². The van der Waals surface area contributed by atoms with Crippen LogP contribution in [0.5, 0.6) is 0 Å². The van der Waals surface area contributed by atoms with Gasteiger partial charge in [-0.05, 0) is 48.7 Å². The van der Waals surface area contributed by atoms with Crippen LogP contribution in [0.25, 0.3) is 11.0 Å². The second-order valence-corrected chi connectivity index (χ2v) is 9.70. The first-order valence-corrected chi connectivity index (χ1v) is 11.7. The van der Waals surface area contributed by atoms with Crippen LogP contribution in [0, 0.1) is 0 Å². The lowest BCUT2D eigenvalue weighted by molar-refractivity contribution is 0.0951. The lowest BCUT2D eigenvalue weighted by atomic mass is 9.98. The molecule has 1 N–H and O–H groups in total. The lowest BCUT2D eigenvalue weighted by Crippen LogP contribution is -2.22. The molecular weight excluding hydrogens is 385 g/mol. The van der Waals surface area contributed by atoms with Crippen molar-refractivity contribution < 1.29 is 13.2 Å². The summed E-state index contributed by atoms with van der Waals surface area (Å²) in [7, 11) is -2.34. The van der Waals surface area contributed by atoms with Crippen LogP contribution in [-0.4, -0.2) is 37.0 Å². The van der Waals surface area contributed by atoms with E-state index in [1.807, 2.05) is 18.2 Å². The standard InChI is InChI=1S/C21H24BN3O3S/c1-3-29(27,28)17-9-4-14(5-10-17)13-23-21(26)16-8-11-19-18(12-16)24-20(15-6-7-15)25(19)22-2/h4-5,8-12,15,22H,3,6-7,13H2,1-2H3,(H,23,26). The molecule has 0 radical (unpaired) electrons. The Morgan fingerprint density at radius 2 is 1.93 bits per heavy atom. The van der Waals surface area contributed by atoms with Crippen molar-refractivity contribution in [1.29, 1.82) is 0 Å². The van der Waals surface area contributed by atoms with Crippen molar-refractivity contribution in [2.24, 2.45) is 0 Å². The minimum atomic E-state index is -3.21. The minimum Gasteiger partial charge on any atom is -0.377 e. The maximum Gasteiger partial charge on any atom is 0.251 e. The molecule has 1 fully saturated rings. The van der Waals surface area contributed by atoms with Gasteiger partial charge in [-0.2, -0.15) is 0 Å². The van der Waals surface area contributed by atoms with Crippen LogP contribution < -0.4 is 5.32 Å². The molecule has 0 bridgehead atoms. The molecule has 1 amide bonds. The summed E-state index contributed by atoms with van der Waals surface area (Å²) in [6, 6.07) is 12.3. The average molecular weight is 409 g/mol. The number of rotatable bonds is 7. The summed E-state index contributed by atoms with van der Waals surface area (Å²) in [5.41, 5.74) is 3.35. The molecule has 3 aromatic rings. The number of nitrogens with one attached hydrogen (secondary N) is 1. The summed E-state index contributed by atoms with van der Waals surface area (Å²) >= 11 is 0. The minimum absolute atomic E-state index is 0.0712. The number of imidazole rings is 1. The zero-order valence-electron chi connectivity index (χ0n) is 16.7. The zero-order chi connectivity index (χ0) is 20.6. The van der Waals surface area contributed by atoms with E-state index >= 15 is 0 Å². The van der Waals surface area contributed by atoms with Crippen molar-refractivity contribution in [3.63, 3.8) is 0 Å². The molecule has 0 spiro atoms. The molecule has 0 aliphatic heterocycles. The second kappa shape index (κ2) is 7.67. The largest absolute Gasteiger partial charge is 0.377 e. The van der Waals surface area contributed by atoms with Crippen LogP contribution in [0.4, 0.5) is 0 Å². The Kier molecular flexibility index (Phi) is 5.21. The van der Waals surface area contributed by atoms with Crippen molar-refractivity contribution in [1.82, 2.24) is 14.8 Å². The summed E-state index contributed by atoms with van der Waals surface area (Å²) in [6.45, 7) is 4.07. The predicted octanol–water partition coefficient (Wildman–Crippen LogP) is 2.89. The summed E-state index contributed by atoms with van der Waals surface area (Å²) in [5.74, 6) is 1.58. The van der Waals surface area contributed by atoms with E-state index in [0.29, 0.717) is 22.9 Å². The van der Waals surface area contributed by atoms with Crippen LogP contribution in [0.2, 0.25) is 6.82 Å². The Hall–Kier alpha value is -2.61. The first-order valence-electron chi connectivity index (χ1n) is 10.0. The number of carbonyl (C=O) groups is 1. The van der Waals surface area contributed by atoms with Gasteiger partial charge in [-0.15, -0.1) is 0 Å². The van der Waals surface area contributed by atoms with E-state index in [2.05, 4.69) is 16.6 Å². The predicted molar refractivity (Wildman–Crippen MR) is 115 cm³/mol. The summed E-state index contributed by atoms with van der Waals surface area (Å²) in [4.78, 5) is 17.7. The second-order valence-electron chi connectivity index (χ2n) is 7.42. The first kappa shape index (κ1) is 19.7. The highest BCUT2D eigenvalue weighted by Crippen LogP contribution is 2.40. The van der Waals surface area contributed by atoms with E-state index in [-0.39, 0.29) is 11.7 Å². The third-order valence-electron chi connectivity index (χ3n) is 5.41. The van der Waals surface area contributed by atoms with E-state index in [1.165, 1.54) is 12.8 Å². The van der Waals surface area contributed by atoms with Gasteiger partial charge in [-0.1, -0.05) is 25.9 Å². The van der Waals surface area contributed by atoms with Gasteiger partial charge in [0.2, 0.25) is 7.41 Å². The fraction of sp³-hybridized carbons (Fsp3) is 0.333. The number of hydrogen-bond acceptors (Lipinski definition) is 4. The molecule has 0 saturated heterocycles. The number of sulfone groups is 1. The summed E-state index contributed by atoms with van der Waals surface area (Å²) in [6.07, 6.45) is 2.38. The van der Waals surface area contributed by atoms with Crippen LogP contribution in [0.3, 0.4) is 0 Å². The molecular formula is C21H24BN3O3S. The summed E-state index contributed by atoms with van der Waals surface area (Å²) < 4.78 is 26.0. The van der Waals surface area contributed by atoms with Crippen molar-refractivity contribution in [2.75, 3.05) is 5.75 Å². The van der Waals surface area contributed by atoms with Gasteiger partial charge in [0.15, 0.2) is 9.84 Å². The Morgan fingerprint density at radius 3 is 2.55 bits per heavy atom. The Labute approximate surface area is 171 Å². The number of amides is 1. The number of hydrogen-bond donors (Lipinski definition) is 1. The highest BCUT2D eigenvalue weighted by molar-refractivity contribution is 7.91. The topological polar surface area (TPSA) is 81.1 Å². The molecule has 4 rings (SSSR count). The summed E-state index contributed by atoms with van der Waals surface area (Å²) in [5, 5.41) is 2.90. The normalized spacial score (nSPS) is 14.1. The van der Waals surface area contributed by atoms with E-state index in [4.69, 9.17) is 4.98 Å². The molecule has 8 heteroatoms. The SMILES string of the molecule is CBn1c(C2CC2)nc2cc(C(=O)NCc3ccc(S(=O)(=O)CC)cc3)ccc21. The molecule has 1 aliphatic rings. The number of carbonyl (C=O) groups excluding carboxylic acids is 1. The Balaban J connectivity index is 1.48. The maximum absolute atomic E-state index is 12.6. The third kappa shape index (κ3) is 3.94. The van der Waals surface area contributed by atoms with Gasteiger partial charge in [0, 0.05) is 18.0 Å². The van der Waals surface area contributed by atoms with E-state index in [0.717, 1.165) is 29.8 Å². The Bertz CT molecular complexity index is 1170. The van der Waals surface area contributed by atoms with Gasteiger partial charge in [0.1, 0.15) is 5.82 Å². The fourth-order valence-corrected chi connectivity index (χ4v) is 4.42. The van der Waals surface area contributed by atoms with Gasteiger partial charge < -0.3 is 9.79 Å². The third-order valence-corrected chi connectivity index (χ3v) is 7.16. The molecule has 1 saturated carbocycles. The van der Waals surface area contributed by atoms with Crippen LogP contribution in [0.15, 0.2) is 47.4 Å². The quantitative estimate of drug-likeness (QED) is 0.609. The van der Waals surface area contributed by atoms with Crippen molar-refractivity contribution in [3.8, 4) is 0 Å². The van der Waals surface area contributed by atoms with Crippen molar-refractivity contribution in [2.45, 2.75) is 43.9 Å². The van der Waals surface area contributed by atoms with Gasteiger partial charge in [0.25, 0.3) is 5.91 Å². The van der Waals surface area contributed by atoms with Crippen molar-refractivity contribution in [3.05, 3.63) is 59.4 Å². The van der Waals surface area contributed by atoms with Gasteiger partial charge in [0.05, 0.1) is 21.7 Å². The van der Waals surface area contributed by atoms with Crippen LogP contribution in [0.1, 0.15) is 47.4 Å². The number of aromatic nitrogens is 2. The fourth-order valence-electron chi connectivity index (χ4n) is 3.54. The van der Waals surface area contributed by atoms with E-state index in [9.17, 15) is 13.2 Å². The highest BCUT2D eigenvalue weighted by atomic mass is 32.2. The molecule has 1 aliphatic carbocycles. The molecule has 6 nitrogen and oxygen atoms in total. The molecule has 2 aromatic carbocycles. The molecule has 150 valence electrons. The lowest BCUT2D eigenvalue weighted by Gasteiger charge is -2.07. The first-order chi connectivity index (χ1) is 13.9. The average Bonchev–Trinajstić information content (AvgIpc) is 3.52. The molecule has 1 heterocycles. The number of fused-ring (bicyclic) bond motifs is 1. The maximum atomic E-state index is 12.6. The Morgan fingerprint density at radius 1 is 1.21 bits per heavy atom. The highest BCUT2D eigenvalue weighted by Gasteiger charge is 2.29. The van der Waals surface area contributed by atoms with Gasteiger partial charge in [-0.25, -0.2) is 13.4 Å². The molecule has 29 heavy (non-hydrogen) atoms. The van der Waals surface area contributed by atoms with Gasteiger partial charge >= 0.3 is 0 Å². The van der Waals surface area contributed by atoms with E-state index in [1.54, 1.807) is 31.2 Å². The number of benzene rings is 2. The molecule has 1 aromatic heterocycles.